The van der Waals surface area contributed by atoms with Gasteiger partial charge in [0.15, 0.2) is 0 Å². The average Bonchev–Trinajstić information content (AvgIpc) is 2.95. The third-order valence-electron chi connectivity index (χ3n) is 4.80. The van der Waals surface area contributed by atoms with Gasteiger partial charge in [-0.25, -0.2) is 0 Å². The highest BCUT2D eigenvalue weighted by Crippen LogP contribution is 2.37. The number of nitrogens with two attached hydrogens (primary N) is 1. The van der Waals surface area contributed by atoms with Crippen molar-refractivity contribution in [2.45, 2.75) is 70.4 Å². The van der Waals surface area contributed by atoms with Crippen molar-refractivity contribution in [2.24, 2.45) is 5.84 Å². The average molecular weight is 290 g/mol. The summed E-state index contributed by atoms with van der Waals surface area (Å²) in [6.07, 6.45) is 5.63. The van der Waals surface area contributed by atoms with Crippen molar-refractivity contribution in [2.75, 3.05) is 6.61 Å². The molecule has 0 amide bonds. The van der Waals surface area contributed by atoms with Gasteiger partial charge in [0.25, 0.3) is 0 Å². The summed E-state index contributed by atoms with van der Waals surface area (Å²) in [7, 11) is 0. The zero-order chi connectivity index (χ0) is 15.3. The van der Waals surface area contributed by atoms with E-state index >= 15 is 0 Å². The minimum Gasteiger partial charge on any atom is -0.374 e. The molecule has 1 aliphatic rings. The fourth-order valence-electron chi connectivity index (χ4n) is 3.53. The Bertz CT molecular complexity index is 421. The molecule has 118 valence electrons. The van der Waals surface area contributed by atoms with Gasteiger partial charge in [0.2, 0.25) is 0 Å². The molecule has 3 heteroatoms. The lowest BCUT2D eigenvalue weighted by molar-refractivity contribution is -0.0613. The van der Waals surface area contributed by atoms with Gasteiger partial charge >= 0.3 is 0 Å². The number of hydrogen-bond donors (Lipinski definition) is 2. The van der Waals surface area contributed by atoms with Crippen molar-refractivity contribution < 1.29 is 4.74 Å². The molecule has 0 bridgehead atoms. The Labute approximate surface area is 129 Å². The van der Waals surface area contributed by atoms with Gasteiger partial charge in [-0.05, 0) is 43.2 Å². The third-order valence-corrected chi connectivity index (χ3v) is 4.80. The summed E-state index contributed by atoms with van der Waals surface area (Å²) in [5.74, 6) is 6.44. The van der Waals surface area contributed by atoms with E-state index in [0.717, 1.165) is 25.9 Å². The third kappa shape index (κ3) is 3.85. The van der Waals surface area contributed by atoms with Crippen LogP contribution in [0.2, 0.25) is 0 Å². The molecule has 3 N–H and O–H groups in total. The topological polar surface area (TPSA) is 47.3 Å². The van der Waals surface area contributed by atoms with Crippen molar-refractivity contribution in [3.05, 3.63) is 35.4 Å². The lowest BCUT2D eigenvalue weighted by atomic mass is 9.87. The summed E-state index contributed by atoms with van der Waals surface area (Å²) in [6.45, 7) is 7.28. The molecule has 0 heterocycles. The Morgan fingerprint density at radius 2 is 1.81 bits per heavy atom. The zero-order valence-corrected chi connectivity index (χ0v) is 13.7. The standard InChI is InChI=1S/C18H30N2O/c1-4-21-18(11-5-6-12-18)17(20-19)13-15-7-9-16(10-8-15)14(2)3/h7-10,14,17,20H,4-6,11-13,19H2,1-3H3. The summed E-state index contributed by atoms with van der Waals surface area (Å²) < 4.78 is 6.14. The summed E-state index contributed by atoms with van der Waals surface area (Å²) in [5, 5.41) is 0. The Morgan fingerprint density at radius 3 is 2.29 bits per heavy atom. The predicted octanol–water partition coefficient (Wildman–Crippen LogP) is 3.53. The van der Waals surface area contributed by atoms with E-state index in [9.17, 15) is 0 Å². The van der Waals surface area contributed by atoms with Crippen LogP contribution >= 0.6 is 0 Å². The van der Waals surface area contributed by atoms with Crippen LogP contribution in [0.5, 0.6) is 0 Å². The quantitative estimate of drug-likeness (QED) is 0.596. The Morgan fingerprint density at radius 1 is 1.19 bits per heavy atom. The van der Waals surface area contributed by atoms with Gasteiger partial charge in [0, 0.05) is 6.61 Å². The molecule has 2 rings (SSSR count). The first-order valence-corrected chi connectivity index (χ1v) is 8.30. The number of hydrogen-bond acceptors (Lipinski definition) is 3. The van der Waals surface area contributed by atoms with Crippen LogP contribution in [-0.4, -0.2) is 18.2 Å². The first-order valence-electron chi connectivity index (χ1n) is 8.30. The summed E-state index contributed by atoms with van der Waals surface area (Å²) >= 11 is 0. The number of ether oxygens (including phenoxy) is 1. The fraction of sp³-hybridized carbons (Fsp3) is 0.667. The number of rotatable bonds is 7. The van der Waals surface area contributed by atoms with Crippen LogP contribution in [0, 0.1) is 0 Å². The van der Waals surface area contributed by atoms with Crippen molar-refractivity contribution >= 4 is 0 Å². The molecule has 0 radical (unpaired) electrons. The molecule has 1 aliphatic carbocycles. The van der Waals surface area contributed by atoms with Gasteiger partial charge in [-0.3, -0.25) is 11.3 Å². The highest BCUT2D eigenvalue weighted by molar-refractivity contribution is 5.26. The lowest BCUT2D eigenvalue weighted by Crippen LogP contribution is -2.54. The molecule has 0 spiro atoms. The van der Waals surface area contributed by atoms with Gasteiger partial charge in [0.1, 0.15) is 0 Å². The maximum Gasteiger partial charge on any atom is 0.0851 e. The van der Waals surface area contributed by atoms with E-state index in [1.54, 1.807) is 0 Å². The Balaban J connectivity index is 2.10. The monoisotopic (exact) mass is 290 g/mol. The number of hydrazine groups is 1. The minimum atomic E-state index is -0.0831. The molecule has 3 nitrogen and oxygen atoms in total. The summed E-state index contributed by atoms with van der Waals surface area (Å²) in [6, 6.07) is 9.11. The maximum absolute atomic E-state index is 6.14. The van der Waals surface area contributed by atoms with Crippen LogP contribution in [-0.2, 0) is 11.2 Å². The normalized spacial score (nSPS) is 19.1. The largest absolute Gasteiger partial charge is 0.374 e. The molecule has 0 aromatic heterocycles. The molecular formula is C18H30N2O. The van der Waals surface area contributed by atoms with E-state index in [2.05, 4.69) is 50.5 Å². The highest BCUT2D eigenvalue weighted by Gasteiger charge is 2.41. The second-order valence-corrected chi connectivity index (χ2v) is 6.52. The second kappa shape index (κ2) is 7.39. The molecule has 1 saturated carbocycles. The van der Waals surface area contributed by atoms with Crippen LogP contribution in [0.3, 0.4) is 0 Å². The SMILES string of the molecule is CCOC1(C(Cc2ccc(C(C)C)cc2)NN)CCCC1. The van der Waals surface area contributed by atoms with Gasteiger partial charge in [-0.2, -0.15) is 0 Å². The molecule has 1 aromatic carbocycles. The molecule has 0 aliphatic heterocycles. The van der Waals surface area contributed by atoms with E-state index in [0.29, 0.717) is 5.92 Å². The second-order valence-electron chi connectivity index (χ2n) is 6.52. The Hall–Kier alpha value is -0.900. The van der Waals surface area contributed by atoms with Crippen molar-refractivity contribution in [1.82, 2.24) is 5.43 Å². The van der Waals surface area contributed by atoms with E-state index < -0.39 is 0 Å². The van der Waals surface area contributed by atoms with Crippen LogP contribution in [0.1, 0.15) is 63.5 Å². The molecule has 1 atom stereocenters. The van der Waals surface area contributed by atoms with Crippen molar-refractivity contribution in [1.29, 1.82) is 0 Å². The number of nitrogens with one attached hydrogen (secondary N) is 1. The molecule has 0 saturated heterocycles. The predicted molar refractivity (Wildman–Crippen MR) is 88.2 cm³/mol. The van der Waals surface area contributed by atoms with Crippen molar-refractivity contribution in [3.63, 3.8) is 0 Å². The van der Waals surface area contributed by atoms with E-state index in [-0.39, 0.29) is 11.6 Å². The lowest BCUT2D eigenvalue weighted by Gasteiger charge is -2.37. The van der Waals surface area contributed by atoms with E-state index in [1.165, 1.54) is 24.0 Å². The van der Waals surface area contributed by atoms with Gasteiger partial charge in [-0.1, -0.05) is 51.0 Å². The van der Waals surface area contributed by atoms with Crippen LogP contribution < -0.4 is 11.3 Å². The van der Waals surface area contributed by atoms with Crippen LogP contribution in [0.25, 0.3) is 0 Å². The van der Waals surface area contributed by atoms with Crippen molar-refractivity contribution in [3.8, 4) is 0 Å². The highest BCUT2D eigenvalue weighted by atomic mass is 16.5. The molecule has 1 unspecified atom stereocenters. The fourth-order valence-corrected chi connectivity index (χ4v) is 3.53. The smallest absolute Gasteiger partial charge is 0.0851 e. The van der Waals surface area contributed by atoms with E-state index in [4.69, 9.17) is 10.6 Å². The van der Waals surface area contributed by atoms with Crippen LogP contribution in [0.4, 0.5) is 0 Å². The maximum atomic E-state index is 6.14. The van der Waals surface area contributed by atoms with E-state index in [1.807, 2.05) is 0 Å². The summed E-state index contributed by atoms with van der Waals surface area (Å²) in [5.41, 5.74) is 5.66. The Kier molecular flexibility index (Phi) is 5.80. The minimum absolute atomic E-state index is 0.0831. The molecule has 1 fully saturated rings. The first-order chi connectivity index (χ1) is 10.1. The van der Waals surface area contributed by atoms with Gasteiger partial charge < -0.3 is 4.74 Å². The van der Waals surface area contributed by atoms with Gasteiger partial charge in [-0.15, -0.1) is 0 Å². The molecule has 1 aromatic rings. The zero-order valence-electron chi connectivity index (χ0n) is 13.7. The summed E-state index contributed by atoms with van der Waals surface area (Å²) in [4.78, 5) is 0. The molecule has 21 heavy (non-hydrogen) atoms. The molecular weight excluding hydrogens is 260 g/mol. The first kappa shape index (κ1) is 16.5. The van der Waals surface area contributed by atoms with Crippen LogP contribution in [0.15, 0.2) is 24.3 Å². The van der Waals surface area contributed by atoms with Gasteiger partial charge in [0.05, 0.1) is 11.6 Å². The number of benzene rings is 1.